The molecule has 6 heteroatoms. The maximum absolute atomic E-state index is 13.5. The van der Waals surface area contributed by atoms with Crippen molar-refractivity contribution in [3.05, 3.63) is 29.8 Å². The van der Waals surface area contributed by atoms with Gasteiger partial charge in [0.1, 0.15) is 16.5 Å². The van der Waals surface area contributed by atoms with Crippen LogP contribution in [0.3, 0.4) is 0 Å². The van der Waals surface area contributed by atoms with Crippen molar-refractivity contribution in [1.29, 1.82) is 0 Å². The molecule has 0 aromatic heterocycles. The third-order valence-corrected chi connectivity index (χ3v) is 5.66. The second-order valence-electron chi connectivity index (χ2n) is 4.54. The predicted molar refractivity (Wildman–Crippen MR) is 64.0 cm³/mol. The van der Waals surface area contributed by atoms with E-state index in [0.717, 1.165) is 24.6 Å². The largest absolute Gasteiger partial charge is 0.317 e. The Kier molecular flexibility index (Phi) is 3.68. The number of benzene rings is 1. The van der Waals surface area contributed by atoms with Crippen LogP contribution in [0.2, 0.25) is 0 Å². The highest BCUT2D eigenvalue weighted by Crippen LogP contribution is 2.31. The zero-order valence-electron chi connectivity index (χ0n) is 9.99. The van der Waals surface area contributed by atoms with E-state index < -0.39 is 31.6 Å². The van der Waals surface area contributed by atoms with Gasteiger partial charge >= 0.3 is 0 Å². The Hall–Kier alpha value is -1.01. The quantitative estimate of drug-likeness (QED) is 0.916. The molecule has 2 atom stereocenters. The third-order valence-electron chi connectivity index (χ3n) is 3.43. The molecule has 0 radical (unpaired) electrons. The smallest absolute Gasteiger partial charge is 0.184 e. The second-order valence-corrected chi connectivity index (χ2v) is 6.74. The Labute approximate surface area is 105 Å². The maximum atomic E-state index is 13.5. The van der Waals surface area contributed by atoms with E-state index >= 15 is 0 Å². The molecule has 0 heterocycles. The fourth-order valence-corrected chi connectivity index (χ4v) is 4.27. The molecule has 2 unspecified atom stereocenters. The number of halogens is 2. The summed E-state index contributed by atoms with van der Waals surface area (Å²) in [6.45, 7) is 0. The van der Waals surface area contributed by atoms with Gasteiger partial charge in [0.05, 0.1) is 5.25 Å². The van der Waals surface area contributed by atoms with Crippen LogP contribution in [0.15, 0.2) is 23.1 Å². The SMILES string of the molecule is CNC1CCC(S(=O)(=O)c2cc(F)ccc2F)C1. The van der Waals surface area contributed by atoms with Crippen molar-refractivity contribution in [2.75, 3.05) is 7.05 Å². The lowest BCUT2D eigenvalue weighted by atomic mass is 10.3. The summed E-state index contributed by atoms with van der Waals surface area (Å²) < 4.78 is 51.1. The van der Waals surface area contributed by atoms with Crippen molar-refractivity contribution < 1.29 is 17.2 Å². The van der Waals surface area contributed by atoms with Crippen LogP contribution < -0.4 is 5.32 Å². The minimum Gasteiger partial charge on any atom is -0.317 e. The van der Waals surface area contributed by atoms with Gasteiger partial charge in [-0.25, -0.2) is 17.2 Å². The molecule has 2 rings (SSSR count). The summed E-state index contributed by atoms with van der Waals surface area (Å²) in [6.07, 6.45) is 1.65. The van der Waals surface area contributed by atoms with Gasteiger partial charge in [0, 0.05) is 6.04 Å². The predicted octanol–water partition coefficient (Wildman–Crippen LogP) is 1.88. The third kappa shape index (κ3) is 2.40. The molecular formula is C12H15F2NO2S. The molecule has 1 aliphatic rings. The van der Waals surface area contributed by atoms with Crippen LogP contribution in [-0.2, 0) is 9.84 Å². The minimum absolute atomic E-state index is 0.126. The van der Waals surface area contributed by atoms with Crippen LogP contribution in [0, 0.1) is 11.6 Å². The lowest BCUT2D eigenvalue weighted by molar-refractivity contribution is 0.541. The molecule has 0 amide bonds. The average Bonchev–Trinajstić information content (AvgIpc) is 2.81. The molecule has 100 valence electrons. The van der Waals surface area contributed by atoms with Crippen LogP contribution in [0.4, 0.5) is 8.78 Å². The van der Waals surface area contributed by atoms with E-state index in [1.54, 1.807) is 7.05 Å². The standard InChI is InChI=1S/C12H15F2NO2S/c1-15-9-3-4-10(7-9)18(16,17)12-6-8(13)2-5-11(12)14/h2,5-6,9-10,15H,3-4,7H2,1H3. The van der Waals surface area contributed by atoms with E-state index in [9.17, 15) is 17.2 Å². The Morgan fingerprint density at radius 3 is 2.61 bits per heavy atom. The summed E-state index contributed by atoms with van der Waals surface area (Å²) in [6, 6.07) is 2.66. The summed E-state index contributed by atoms with van der Waals surface area (Å²) in [4.78, 5) is -0.524. The number of rotatable bonds is 3. The first-order valence-corrected chi connectivity index (χ1v) is 7.36. The van der Waals surface area contributed by atoms with Crippen LogP contribution in [0.25, 0.3) is 0 Å². The molecule has 1 N–H and O–H groups in total. The maximum Gasteiger partial charge on any atom is 0.184 e. The highest BCUT2D eigenvalue weighted by atomic mass is 32.2. The molecule has 0 spiro atoms. The van der Waals surface area contributed by atoms with Crippen molar-refractivity contribution in [1.82, 2.24) is 5.32 Å². The number of sulfone groups is 1. The first kappa shape index (κ1) is 13.4. The molecule has 1 aromatic carbocycles. The fourth-order valence-electron chi connectivity index (χ4n) is 2.36. The van der Waals surface area contributed by atoms with Crippen LogP contribution in [-0.4, -0.2) is 26.8 Å². The van der Waals surface area contributed by atoms with Gasteiger partial charge in [0.15, 0.2) is 9.84 Å². The molecule has 1 aromatic rings. The zero-order valence-corrected chi connectivity index (χ0v) is 10.8. The Balaban J connectivity index is 2.34. The first-order chi connectivity index (χ1) is 8.45. The second kappa shape index (κ2) is 4.93. The van der Waals surface area contributed by atoms with E-state index in [2.05, 4.69) is 5.32 Å². The van der Waals surface area contributed by atoms with Crippen molar-refractivity contribution in [3.8, 4) is 0 Å². The molecule has 0 saturated heterocycles. The molecule has 0 aliphatic heterocycles. The first-order valence-electron chi connectivity index (χ1n) is 5.81. The van der Waals surface area contributed by atoms with Crippen LogP contribution >= 0.6 is 0 Å². The van der Waals surface area contributed by atoms with Gasteiger partial charge in [0.25, 0.3) is 0 Å². The fraction of sp³-hybridized carbons (Fsp3) is 0.500. The monoisotopic (exact) mass is 275 g/mol. The minimum atomic E-state index is -3.79. The summed E-state index contributed by atoms with van der Waals surface area (Å²) in [5.74, 6) is -1.62. The normalized spacial score (nSPS) is 24.4. The zero-order chi connectivity index (χ0) is 13.3. The van der Waals surface area contributed by atoms with Gasteiger partial charge in [0.2, 0.25) is 0 Å². The molecule has 3 nitrogen and oxygen atoms in total. The van der Waals surface area contributed by atoms with Gasteiger partial charge in [-0.3, -0.25) is 0 Å². The van der Waals surface area contributed by atoms with Gasteiger partial charge in [-0.05, 0) is 44.5 Å². The molecule has 1 saturated carbocycles. The topological polar surface area (TPSA) is 46.2 Å². The Bertz CT molecular complexity index is 545. The Morgan fingerprint density at radius 2 is 2.00 bits per heavy atom. The van der Waals surface area contributed by atoms with Gasteiger partial charge < -0.3 is 5.32 Å². The van der Waals surface area contributed by atoms with Gasteiger partial charge in [-0.1, -0.05) is 0 Å². The summed E-state index contributed by atoms with van der Waals surface area (Å²) >= 11 is 0. The van der Waals surface area contributed by atoms with E-state index in [0.29, 0.717) is 12.8 Å². The summed E-state index contributed by atoms with van der Waals surface area (Å²) in [5.41, 5.74) is 0. The molecule has 1 aliphatic carbocycles. The lowest BCUT2D eigenvalue weighted by Gasteiger charge is -2.13. The highest BCUT2D eigenvalue weighted by Gasteiger charge is 2.36. The molecule has 0 bridgehead atoms. The van der Waals surface area contributed by atoms with E-state index in [4.69, 9.17) is 0 Å². The van der Waals surface area contributed by atoms with E-state index in [1.165, 1.54) is 0 Å². The molecule has 1 fully saturated rings. The van der Waals surface area contributed by atoms with Crippen molar-refractivity contribution in [2.24, 2.45) is 0 Å². The van der Waals surface area contributed by atoms with Gasteiger partial charge in [-0.2, -0.15) is 0 Å². The van der Waals surface area contributed by atoms with E-state index in [1.807, 2.05) is 0 Å². The number of hydrogen-bond donors (Lipinski definition) is 1. The lowest BCUT2D eigenvalue weighted by Crippen LogP contribution is -2.25. The van der Waals surface area contributed by atoms with Crippen molar-refractivity contribution in [3.63, 3.8) is 0 Å². The van der Waals surface area contributed by atoms with Crippen LogP contribution in [0.5, 0.6) is 0 Å². The van der Waals surface area contributed by atoms with Crippen LogP contribution in [0.1, 0.15) is 19.3 Å². The summed E-state index contributed by atoms with van der Waals surface area (Å²) in [5, 5.41) is 2.38. The van der Waals surface area contributed by atoms with Crippen molar-refractivity contribution in [2.45, 2.75) is 35.4 Å². The highest BCUT2D eigenvalue weighted by molar-refractivity contribution is 7.92. The molecule has 18 heavy (non-hydrogen) atoms. The molecular weight excluding hydrogens is 260 g/mol. The number of hydrogen-bond acceptors (Lipinski definition) is 3. The number of nitrogens with one attached hydrogen (secondary N) is 1. The summed E-state index contributed by atoms with van der Waals surface area (Å²) in [7, 11) is -2.02. The Morgan fingerprint density at radius 1 is 1.28 bits per heavy atom. The van der Waals surface area contributed by atoms with Gasteiger partial charge in [-0.15, -0.1) is 0 Å². The van der Waals surface area contributed by atoms with Crippen molar-refractivity contribution >= 4 is 9.84 Å². The van der Waals surface area contributed by atoms with E-state index in [-0.39, 0.29) is 6.04 Å². The average molecular weight is 275 g/mol.